The molecular formula is C15H33BP2. The summed E-state index contributed by atoms with van der Waals surface area (Å²) in [4.78, 5) is 0. The third kappa shape index (κ3) is 7.50. The van der Waals surface area contributed by atoms with E-state index in [2.05, 4.69) is 27.7 Å². The summed E-state index contributed by atoms with van der Waals surface area (Å²) in [6.45, 7) is 9.41. The minimum atomic E-state index is 0.256. The Morgan fingerprint density at radius 2 is 1.06 bits per heavy atom. The second kappa shape index (κ2) is 12.9. The Balaban J connectivity index is 4.69. The van der Waals surface area contributed by atoms with Gasteiger partial charge in [0.05, 0.1) is 7.85 Å². The van der Waals surface area contributed by atoms with Crippen molar-refractivity contribution in [1.29, 1.82) is 0 Å². The quantitative estimate of drug-likeness (QED) is 0.310. The first-order valence-electron chi connectivity index (χ1n) is 7.93. The molecule has 0 fully saturated rings. The summed E-state index contributed by atoms with van der Waals surface area (Å²) in [7, 11) is 6.42. The first-order chi connectivity index (χ1) is 8.74. The summed E-state index contributed by atoms with van der Waals surface area (Å²) in [5, 5.41) is 1.01. The molecule has 18 heavy (non-hydrogen) atoms. The molecular weight excluding hydrogens is 253 g/mol. The predicted molar refractivity (Wildman–Crippen MR) is 93.4 cm³/mol. The van der Waals surface area contributed by atoms with E-state index >= 15 is 0 Å². The molecule has 0 spiro atoms. The lowest BCUT2D eigenvalue weighted by Gasteiger charge is -2.35. The Morgan fingerprint density at radius 3 is 1.28 bits per heavy atom. The Labute approximate surface area is 120 Å². The van der Waals surface area contributed by atoms with Crippen LogP contribution in [-0.2, 0) is 0 Å². The van der Waals surface area contributed by atoms with Crippen LogP contribution in [0.1, 0.15) is 59.8 Å². The number of hydrogen-bond acceptors (Lipinski definition) is 0. The van der Waals surface area contributed by atoms with Crippen molar-refractivity contribution in [2.45, 2.75) is 71.5 Å². The summed E-state index contributed by atoms with van der Waals surface area (Å²) in [5.74, 6) is 0. The number of hydrogen-bond donors (Lipinski definition) is 0. The van der Waals surface area contributed by atoms with Crippen LogP contribution in [0.3, 0.4) is 0 Å². The van der Waals surface area contributed by atoms with Gasteiger partial charge in [0, 0.05) is 0 Å². The minimum Gasteiger partial charge on any atom is -0.0992 e. The maximum absolute atomic E-state index is 5.91. The molecule has 0 amide bonds. The smallest absolute Gasteiger partial charge is 0.0653 e. The number of rotatable bonds is 12. The summed E-state index contributed by atoms with van der Waals surface area (Å²) in [6, 6.07) is 0. The molecule has 0 bridgehead atoms. The van der Waals surface area contributed by atoms with Gasteiger partial charge in [-0.25, -0.2) is 0 Å². The van der Waals surface area contributed by atoms with Gasteiger partial charge in [0.15, 0.2) is 0 Å². The van der Waals surface area contributed by atoms with Crippen molar-refractivity contribution in [1.82, 2.24) is 0 Å². The zero-order valence-electron chi connectivity index (χ0n) is 13.1. The second-order valence-electron chi connectivity index (χ2n) is 5.13. The van der Waals surface area contributed by atoms with Gasteiger partial charge >= 0.3 is 0 Å². The maximum Gasteiger partial charge on any atom is 0.0653 e. The molecule has 0 heterocycles. The summed E-state index contributed by atoms with van der Waals surface area (Å²) in [6.07, 6.45) is 13.6. The van der Waals surface area contributed by atoms with E-state index in [9.17, 15) is 0 Å². The van der Waals surface area contributed by atoms with Gasteiger partial charge in [0.25, 0.3) is 0 Å². The maximum atomic E-state index is 5.91. The molecule has 0 saturated heterocycles. The van der Waals surface area contributed by atoms with Crippen molar-refractivity contribution in [3.63, 3.8) is 0 Å². The van der Waals surface area contributed by atoms with Gasteiger partial charge in [-0.2, -0.15) is 0 Å². The molecule has 0 aliphatic carbocycles. The van der Waals surface area contributed by atoms with Gasteiger partial charge < -0.3 is 0 Å². The van der Waals surface area contributed by atoms with Crippen LogP contribution in [0, 0.1) is 0 Å². The highest BCUT2D eigenvalue weighted by Gasteiger charge is 2.25. The van der Waals surface area contributed by atoms with Gasteiger partial charge in [0.1, 0.15) is 0 Å². The van der Waals surface area contributed by atoms with Gasteiger partial charge in [-0.05, 0) is 30.0 Å². The summed E-state index contributed by atoms with van der Waals surface area (Å²) < 4.78 is 0. The molecule has 0 atom stereocenters. The molecule has 0 aliphatic heterocycles. The van der Waals surface area contributed by atoms with Crippen LogP contribution < -0.4 is 0 Å². The monoisotopic (exact) mass is 286 g/mol. The summed E-state index contributed by atoms with van der Waals surface area (Å²) in [5.41, 5.74) is 0. The van der Waals surface area contributed by atoms with Crippen molar-refractivity contribution in [2.75, 3.05) is 24.6 Å². The second-order valence-corrected chi connectivity index (χ2v) is 10.9. The third-order valence-electron chi connectivity index (χ3n) is 3.31. The molecule has 0 saturated carbocycles. The first kappa shape index (κ1) is 18.9. The van der Waals surface area contributed by atoms with Crippen LogP contribution in [0.4, 0.5) is 0 Å². The first-order valence-corrected chi connectivity index (χ1v) is 11.5. The highest BCUT2D eigenvalue weighted by molar-refractivity contribution is 7.75. The van der Waals surface area contributed by atoms with Crippen molar-refractivity contribution < 1.29 is 0 Å². The van der Waals surface area contributed by atoms with Crippen LogP contribution >= 0.6 is 15.8 Å². The normalized spacial score (nSPS) is 11.9. The molecule has 0 aliphatic rings. The predicted octanol–water partition coefficient (Wildman–Crippen LogP) is 5.89. The average Bonchev–Trinajstić information content (AvgIpc) is 2.36. The van der Waals surface area contributed by atoms with Crippen molar-refractivity contribution >= 4 is 23.7 Å². The SMILES string of the molecule is [B]CCC(P(CCC)CCC)P(CCC)CCC. The molecule has 0 unspecified atom stereocenters. The van der Waals surface area contributed by atoms with E-state index in [0.29, 0.717) is 0 Å². The van der Waals surface area contributed by atoms with E-state index in [0.717, 1.165) is 11.7 Å². The van der Waals surface area contributed by atoms with Gasteiger partial charge in [-0.3, -0.25) is 0 Å². The molecule has 2 radical (unpaired) electrons. The molecule has 3 heteroatoms. The molecule has 0 aromatic carbocycles. The molecule has 0 aromatic rings. The van der Waals surface area contributed by atoms with E-state index in [-0.39, 0.29) is 15.8 Å². The van der Waals surface area contributed by atoms with Crippen molar-refractivity contribution in [3.05, 3.63) is 0 Å². The third-order valence-corrected chi connectivity index (χ3v) is 11.6. The Kier molecular flexibility index (Phi) is 13.6. The molecule has 0 aromatic heterocycles. The fourth-order valence-corrected chi connectivity index (χ4v) is 10.9. The van der Waals surface area contributed by atoms with Crippen LogP contribution in [-0.4, -0.2) is 37.9 Å². The van der Waals surface area contributed by atoms with Crippen LogP contribution in [0.5, 0.6) is 0 Å². The standard InChI is InChI=1S/C15H33BP2/c1-5-11-17(12-6-2)15(9-10-16)18(13-7-3)14-8-4/h15H,5-14H2,1-4H3. The molecule has 0 rings (SSSR count). The van der Waals surface area contributed by atoms with Gasteiger partial charge in [0.2, 0.25) is 0 Å². The Bertz CT molecular complexity index is 148. The lowest BCUT2D eigenvalue weighted by molar-refractivity contribution is 0.957. The Hall–Kier alpha value is 0.925. The van der Waals surface area contributed by atoms with Crippen molar-refractivity contribution in [3.8, 4) is 0 Å². The topological polar surface area (TPSA) is 0 Å². The van der Waals surface area contributed by atoms with E-state index in [1.165, 1.54) is 56.8 Å². The fraction of sp³-hybridized carbons (Fsp3) is 1.00. The van der Waals surface area contributed by atoms with Crippen LogP contribution in [0.25, 0.3) is 0 Å². The molecule has 0 N–H and O–H groups in total. The fourth-order valence-electron chi connectivity index (χ4n) is 2.71. The lowest BCUT2D eigenvalue weighted by Crippen LogP contribution is -2.12. The average molecular weight is 286 g/mol. The highest BCUT2D eigenvalue weighted by atomic mass is 31.2. The largest absolute Gasteiger partial charge is 0.0992 e. The van der Waals surface area contributed by atoms with Gasteiger partial charge in [-0.15, -0.1) is 0 Å². The summed E-state index contributed by atoms with van der Waals surface area (Å²) >= 11 is 0. The van der Waals surface area contributed by atoms with E-state index in [1.807, 2.05) is 0 Å². The van der Waals surface area contributed by atoms with Crippen molar-refractivity contribution in [2.24, 2.45) is 0 Å². The lowest BCUT2D eigenvalue weighted by atomic mass is 10.0. The van der Waals surface area contributed by atoms with E-state index in [1.54, 1.807) is 0 Å². The molecule has 0 nitrogen and oxygen atoms in total. The highest BCUT2D eigenvalue weighted by Crippen LogP contribution is 2.61. The van der Waals surface area contributed by atoms with Crippen LogP contribution in [0.2, 0.25) is 6.32 Å². The molecule has 106 valence electrons. The zero-order valence-corrected chi connectivity index (χ0v) is 14.9. The van der Waals surface area contributed by atoms with E-state index in [4.69, 9.17) is 7.85 Å². The van der Waals surface area contributed by atoms with Gasteiger partial charge in [-0.1, -0.05) is 82.0 Å². The minimum absolute atomic E-state index is 0.256. The van der Waals surface area contributed by atoms with Crippen LogP contribution in [0.15, 0.2) is 0 Å². The zero-order chi connectivity index (χ0) is 13.8. The van der Waals surface area contributed by atoms with E-state index < -0.39 is 0 Å². The Morgan fingerprint density at radius 1 is 0.722 bits per heavy atom.